The zero-order chi connectivity index (χ0) is 75.0. The fourth-order valence-corrected chi connectivity index (χ4v) is 11.1. The molecule has 1 saturated heterocycles. The van der Waals surface area contributed by atoms with Gasteiger partial charge < -0.3 is 90.8 Å². The number of carbonyl (C=O) groups is 14. The zero-order valence-electron chi connectivity index (χ0n) is 60.1. The van der Waals surface area contributed by atoms with Gasteiger partial charge in [-0.25, -0.2) is 0 Å². The molecule has 0 saturated carbocycles. The predicted octanol–water partition coefficient (Wildman–Crippen LogP) is -1.11. The van der Waals surface area contributed by atoms with Crippen LogP contribution >= 0.6 is 0 Å². The summed E-state index contributed by atoms with van der Waals surface area (Å²) in [7, 11) is 0. The third-order valence-corrected chi connectivity index (χ3v) is 16.8. The Morgan fingerprint density at radius 2 is 1.02 bits per heavy atom. The number of carboxylic acid groups (broad SMARTS) is 1. The number of hydrogen-bond donors (Lipinski definition) is 16. The van der Waals surface area contributed by atoms with Crippen LogP contribution < -0.4 is 75.7 Å². The van der Waals surface area contributed by atoms with Crippen LogP contribution in [0.2, 0.25) is 0 Å². The van der Waals surface area contributed by atoms with Gasteiger partial charge in [-0.15, -0.1) is 0 Å². The molecule has 0 aromatic heterocycles. The first-order valence-electron chi connectivity index (χ1n) is 34.7. The Balaban J connectivity index is 2.26. The summed E-state index contributed by atoms with van der Waals surface area (Å²) >= 11 is 0. The number of hydrogen-bond acceptors (Lipinski definition) is 17. The minimum absolute atomic E-state index is 0.0106. The number of aliphatic hydroxyl groups excluding tert-OH is 1. The van der Waals surface area contributed by atoms with E-state index >= 15 is 0 Å². The number of nitrogens with one attached hydrogen (secondary N) is 11. The quantitative estimate of drug-likeness (QED) is 0.0344. The van der Waals surface area contributed by atoms with Gasteiger partial charge in [-0.2, -0.15) is 0 Å². The Kier molecular flexibility index (Phi) is 38.5. The molecule has 1 fully saturated rings. The van der Waals surface area contributed by atoms with Crippen LogP contribution in [0.1, 0.15) is 173 Å². The Labute approximate surface area is 582 Å². The molecule has 1 aliphatic rings. The first kappa shape index (κ1) is 86.8. The Morgan fingerprint density at radius 1 is 0.535 bits per heavy atom. The average molecular weight is 1400 g/mol. The number of amides is 13. The van der Waals surface area contributed by atoms with Crippen molar-refractivity contribution >= 4 is 82.8 Å². The van der Waals surface area contributed by atoms with E-state index in [1.54, 1.807) is 85.7 Å². The van der Waals surface area contributed by atoms with E-state index < -0.39 is 187 Å². The Morgan fingerprint density at radius 3 is 1.52 bits per heavy atom. The fraction of sp³-hybridized carbons (Fsp3) is 0.706. The first-order chi connectivity index (χ1) is 46.4. The molecule has 1 aromatic carbocycles. The van der Waals surface area contributed by atoms with Crippen molar-refractivity contribution in [3.8, 4) is 0 Å². The molecule has 0 spiro atoms. The lowest BCUT2D eigenvalue weighted by atomic mass is 9.96. The monoisotopic (exact) mass is 1400 g/mol. The van der Waals surface area contributed by atoms with Crippen LogP contribution in [0.25, 0.3) is 0 Å². The van der Waals surface area contributed by atoms with Crippen LogP contribution in [0.4, 0.5) is 0 Å². The van der Waals surface area contributed by atoms with Gasteiger partial charge in [0.25, 0.3) is 0 Å². The molecular formula is C68H115N15O16. The molecule has 558 valence electrons. The summed E-state index contributed by atoms with van der Waals surface area (Å²) in [5.41, 5.74) is 18.3. The normalized spacial score (nSPS) is 16.6. The summed E-state index contributed by atoms with van der Waals surface area (Å²) in [5, 5.41) is 48.5. The molecule has 0 unspecified atom stereocenters. The zero-order valence-corrected chi connectivity index (χ0v) is 60.1. The van der Waals surface area contributed by atoms with E-state index in [-0.39, 0.29) is 88.1 Å². The molecule has 19 N–H and O–H groups in total. The number of nitrogens with zero attached hydrogens (tertiary/aromatic N) is 1. The van der Waals surface area contributed by atoms with Gasteiger partial charge >= 0.3 is 5.97 Å². The average Bonchev–Trinajstić information content (AvgIpc) is 1.77. The third kappa shape index (κ3) is 31.2. The largest absolute Gasteiger partial charge is 0.481 e. The van der Waals surface area contributed by atoms with E-state index in [2.05, 4.69) is 58.5 Å². The molecule has 1 heterocycles. The van der Waals surface area contributed by atoms with E-state index in [4.69, 9.17) is 17.2 Å². The second-order valence-corrected chi connectivity index (χ2v) is 27.8. The highest BCUT2D eigenvalue weighted by Gasteiger charge is 2.42. The number of nitrogens with two attached hydrogens (primary N) is 3. The second-order valence-electron chi connectivity index (χ2n) is 27.8. The molecule has 13 amide bonds. The number of benzene rings is 1. The highest BCUT2D eigenvalue weighted by molar-refractivity contribution is 6.00. The smallest absolute Gasteiger partial charge is 0.303 e. The van der Waals surface area contributed by atoms with Gasteiger partial charge in [-0.05, 0) is 125 Å². The Hall–Kier alpha value is -8.32. The van der Waals surface area contributed by atoms with E-state index in [9.17, 15) is 77.3 Å². The van der Waals surface area contributed by atoms with Gasteiger partial charge in [-0.1, -0.05) is 120 Å². The van der Waals surface area contributed by atoms with E-state index in [1.165, 1.54) is 11.8 Å². The van der Waals surface area contributed by atoms with Crippen LogP contribution in [-0.4, -0.2) is 197 Å². The highest BCUT2D eigenvalue weighted by Crippen LogP contribution is 2.22. The fourth-order valence-electron chi connectivity index (χ4n) is 11.1. The van der Waals surface area contributed by atoms with Crippen LogP contribution in [0.3, 0.4) is 0 Å². The number of carbonyl (C=O) groups excluding carboxylic acids is 13. The third-order valence-electron chi connectivity index (χ3n) is 16.8. The number of aliphatic carboxylic acids is 1. The van der Waals surface area contributed by atoms with Crippen molar-refractivity contribution < 1.29 is 77.3 Å². The molecule has 31 heteroatoms. The maximum absolute atomic E-state index is 14.3. The lowest BCUT2D eigenvalue weighted by Crippen LogP contribution is -2.61. The number of likely N-dealkylation sites (tertiary alicyclic amines) is 1. The molecule has 1 aliphatic heterocycles. The van der Waals surface area contributed by atoms with Gasteiger partial charge in [0.1, 0.15) is 66.5 Å². The van der Waals surface area contributed by atoms with Gasteiger partial charge in [-0.3, -0.25) is 67.1 Å². The van der Waals surface area contributed by atoms with Crippen molar-refractivity contribution in [2.75, 3.05) is 26.2 Å². The number of rotatable bonds is 45. The van der Waals surface area contributed by atoms with E-state index in [0.29, 0.717) is 25.7 Å². The van der Waals surface area contributed by atoms with E-state index in [1.807, 2.05) is 27.7 Å². The SMILES string of the molecule is CC[C@H](C)[C@H](NC(=O)[C@@H]1CCCN1C(=O)[C@H](CCC(=O)O)NC(=O)[C@@H](N)Cc1ccccc1)C(=O)N[C@H](C(=O)N[C@@H](C)C(=O)N[C@@H](CCCCN)C(=O)N[C@@H](CC(C)C)C(=O)N[C@@H](CC(C)C)C(=O)N[C@@H](CO)C(=O)NCC(=O)N[C@@H](CC(C)C)C(=O)N[C@@H](CC(C)C)C(N)=O)C(C)C. The summed E-state index contributed by atoms with van der Waals surface area (Å²) in [5.74, 6) is -13.0. The summed E-state index contributed by atoms with van der Waals surface area (Å²) in [4.78, 5) is 191. The number of primary amides is 1. The minimum atomic E-state index is -1.62. The highest BCUT2D eigenvalue weighted by atomic mass is 16.4. The first-order valence-corrected chi connectivity index (χ1v) is 34.7. The van der Waals surface area contributed by atoms with Crippen LogP contribution in [-0.2, 0) is 73.5 Å². The summed E-state index contributed by atoms with van der Waals surface area (Å²) in [6.07, 6.45) is 1.60. The van der Waals surface area contributed by atoms with Gasteiger partial charge in [0.15, 0.2) is 0 Å². The number of carboxylic acids is 1. The summed E-state index contributed by atoms with van der Waals surface area (Å²) in [6.45, 7) is 21.3. The molecule has 13 atom stereocenters. The van der Waals surface area contributed by atoms with Gasteiger partial charge in [0.05, 0.1) is 19.2 Å². The maximum Gasteiger partial charge on any atom is 0.303 e. The second kappa shape index (κ2) is 43.9. The molecule has 0 aliphatic carbocycles. The standard InChI is InChI=1S/C68H115N15O16/c1-14-41(12)56(82-65(96)52-24-20-28-83(52)68(99)46(25-26-54(86)87)76-59(90)44(70)33-43-21-16-15-17-22-43)67(98)81-55(40(10)11)66(97)73-42(13)58(89)75-45(23-18-19-27-69)61(92)78-49(31-38(6)7)63(94)79-50(32-39(8)9)64(95)80-51(35-84)60(91)72-34-53(85)74-48(30-37(4)5)62(93)77-47(57(71)88)29-36(2)3/h15-17,21-22,36-42,44-52,55-56,84H,14,18-20,23-35,69-70H2,1-13H3,(H2,71,88)(H,72,91)(H,73,97)(H,74,85)(H,75,89)(H,76,90)(H,77,93)(H,78,92)(H,79,94)(H,80,95)(H,81,98)(H,82,96)(H,86,87)/t41-,42-,44-,45-,46-,47-,48-,49-,50-,51-,52-,55-,56-/m0/s1. The van der Waals surface area contributed by atoms with Gasteiger partial charge in [0.2, 0.25) is 76.8 Å². The van der Waals surface area contributed by atoms with Crippen LogP contribution in [0.5, 0.6) is 0 Å². The predicted molar refractivity (Wildman–Crippen MR) is 369 cm³/mol. The lowest BCUT2D eigenvalue weighted by Gasteiger charge is -2.32. The number of aliphatic hydroxyl groups is 1. The van der Waals surface area contributed by atoms with Crippen LogP contribution in [0, 0.1) is 35.5 Å². The molecule has 2 rings (SSSR count). The van der Waals surface area contributed by atoms with E-state index in [0.717, 1.165) is 5.56 Å². The van der Waals surface area contributed by atoms with Crippen molar-refractivity contribution in [1.82, 2.24) is 63.4 Å². The molecule has 0 radical (unpaired) electrons. The Bertz CT molecular complexity index is 2860. The molecule has 1 aromatic rings. The van der Waals surface area contributed by atoms with Crippen molar-refractivity contribution in [1.29, 1.82) is 0 Å². The molecular weight excluding hydrogens is 1280 g/mol. The summed E-state index contributed by atoms with van der Waals surface area (Å²) in [6, 6.07) is -6.11. The van der Waals surface area contributed by atoms with Crippen LogP contribution in [0.15, 0.2) is 30.3 Å². The van der Waals surface area contributed by atoms with Crippen molar-refractivity contribution in [2.24, 2.45) is 52.7 Å². The number of unbranched alkanes of at least 4 members (excludes halogenated alkanes) is 1. The molecule has 31 nitrogen and oxygen atoms in total. The van der Waals surface area contributed by atoms with Crippen molar-refractivity contribution in [2.45, 2.75) is 246 Å². The topological polar surface area (TPSA) is 493 Å². The molecule has 0 bridgehead atoms. The maximum atomic E-state index is 14.3. The van der Waals surface area contributed by atoms with Crippen molar-refractivity contribution in [3.05, 3.63) is 35.9 Å². The molecule has 99 heavy (non-hydrogen) atoms. The van der Waals surface area contributed by atoms with Gasteiger partial charge in [0, 0.05) is 13.0 Å². The minimum Gasteiger partial charge on any atom is -0.481 e. The van der Waals surface area contributed by atoms with Crippen molar-refractivity contribution in [3.63, 3.8) is 0 Å². The summed E-state index contributed by atoms with van der Waals surface area (Å²) < 4.78 is 0. The lowest BCUT2D eigenvalue weighted by molar-refractivity contribution is -0.143.